The summed E-state index contributed by atoms with van der Waals surface area (Å²) in [6, 6.07) is 8.72. The number of rotatable bonds is 6. The zero-order valence-corrected chi connectivity index (χ0v) is 16.2. The van der Waals surface area contributed by atoms with Crippen LogP contribution in [0.1, 0.15) is 53.8 Å². The van der Waals surface area contributed by atoms with Crippen molar-refractivity contribution >= 4 is 12.0 Å². The van der Waals surface area contributed by atoms with Gasteiger partial charge in [0.1, 0.15) is 0 Å². The van der Waals surface area contributed by atoms with Gasteiger partial charge in [0.2, 0.25) is 0 Å². The van der Waals surface area contributed by atoms with Gasteiger partial charge in [-0.25, -0.2) is 5.48 Å². The van der Waals surface area contributed by atoms with E-state index in [9.17, 15) is 4.79 Å². The van der Waals surface area contributed by atoms with E-state index >= 15 is 0 Å². The molecule has 1 saturated heterocycles. The number of amides is 1. The Hall–Kier alpha value is -2.44. The summed E-state index contributed by atoms with van der Waals surface area (Å²) in [6.45, 7) is 8.54. The van der Waals surface area contributed by atoms with Crippen molar-refractivity contribution in [2.45, 2.75) is 52.1 Å². The molecule has 1 amide bonds. The third-order valence-corrected chi connectivity index (χ3v) is 5.53. The highest BCUT2D eigenvalue weighted by atomic mass is 16.5. The molecule has 0 spiro atoms. The van der Waals surface area contributed by atoms with Gasteiger partial charge in [0.05, 0.1) is 5.69 Å². The van der Waals surface area contributed by atoms with Crippen LogP contribution in [0.3, 0.4) is 0 Å². The molecule has 1 aliphatic rings. The maximum Gasteiger partial charge on any atom is 0.267 e. The van der Waals surface area contributed by atoms with E-state index in [1.165, 1.54) is 35.7 Å². The molecule has 0 bridgehead atoms. The Kier molecular flexibility index (Phi) is 6.08. The van der Waals surface area contributed by atoms with Crippen molar-refractivity contribution in [3.05, 3.63) is 58.4 Å². The first kappa shape index (κ1) is 19.3. The van der Waals surface area contributed by atoms with Crippen molar-refractivity contribution in [3.8, 4) is 0 Å². The number of carbonyl (C=O) groups is 1. The van der Waals surface area contributed by atoms with Crippen LogP contribution in [0.4, 0.5) is 0 Å². The molecule has 2 aromatic rings. The summed E-state index contributed by atoms with van der Waals surface area (Å²) in [5, 5.41) is 16.0. The first-order valence-corrected chi connectivity index (χ1v) is 9.46. The standard InChI is InChI=1S/C21H28N4O2/c1-14(21-15(2)22-23-16(21)3)19-5-4-12-25(19)13-18-8-6-17(7-9-18)10-11-20(26)24-27/h6-11,14,19,27H,4-5,12-13H2,1-3H3,(H,22,23)(H,24,26)/b11-10+/t14?,19-/m1/s1. The fourth-order valence-electron chi connectivity index (χ4n) is 4.22. The van der Waals surface area contributed by atoms with Gasteiger partial charge in [0.15, 0.2) is 0 Å². The second-order valence-electron chi connectivity index (χ2n) is 7.37. The minimum atomic E-state index is -0.530. The van der Waals surface area contributed by atoms with Crippen LogP contribution in [-0.2, 0) is 11.3 Å². The summed E-state index contributed by atoms with van der Waals surface area (Å²) < 4.78 is 0. The lowest BCUT2D eigenvalue weighted by Gasteiger charge is -2.30. The van der Waals surface area contributed by atoms with Crippen molar-refractivity contribution in [1.29, 1.82) is 0 Å². The minimum absolute atomic E-state index is 0.449. The van der Waals surface area contributed by atoms with Gasteiger partial charge < -0.3 is 0 Å². The number of aromatic amines is 1. The summed E-state index contributed by atoms with van der Waals surface area (Å²) in [6.07, 6.45) is 5.42. The largest absolute Gasteiger partial charge is 0.296 e. The molecule has 1 fully saturated rings. The van der Waals surface area contributed by atoms with E-state index in [2.05, 4.69) is 48.0 Å². The monoisotopic (exact) mass is 368 g/mol. The fourth-order valence-corrected chi connectivity index (χ4v) is 4.22. The maximum absolute atomic E-state index is 11.1. The predicted molar refractivity (Wildman–Crippen MR) is 105 cm³/mol. The Morgan fingerprint density at radius 1 is 1.41 bits per heavy atom. The lowest BCUT2D eigenvalue weighted by atomic mass is 9.90. The second-order valence-corrected chi connectivity index (χ2v) is 7.37. The molecule has 1 aliphatic heterocycles. The number of benzene rings is 1. The first-order chi connectivity index (χ1) is 13.0. The Morgan fingerprint density at radius 2 is 2.15 bits per heavy atom. The smallest absolute Gasteiger partial charge is 0.267 e. The van der Waals surface area contributed by atoms with Crippen LogP contribution in [0.25, 0.3) is 6.08 Å². The topological polar surface area (TPSA) is 81.2 Å². The third-order valence-electron chi connectivity index (χ3n) is 5.53. The van der Waals surface area contributed by atoms with E-state index in [4.69, 9.17) is 5.21 Å². The molecule has 1 aromatic carbocycles. The lowest BCUT2D eigenvalue weighted by Crippen LogP contribution is -2.33. The van der Waals surface area contributed by atoms with E-state index in [-0.39, 0.29) is 0 Å². The summed E-state index contributed by atoms with van der Waals surface area (Å²) in [7, 11) is 0. The second kappa shape index (κ2) is 8.50. The molecule has 6 heteroatoms. The quantitative estimate of drug-likeness (QED) is 0.415. The van der Waals surface area contributed by atoms with Crippen molar-refractivity contribution in [2.24, 2.45) is 0 Å². The van der Waals surface area contributed by atoms with Crippen LogP contribution in [-0.4, -0.2) is 38.8 Å². The number of hydrogen-bond acceptors (Lipinski definition) is 4. The molecule has 3 N–H and O–H groups in total. The SMILES string of the molecule is Cc1n[nH]c(C)c1C(C)[C@H]1CCCN1Cc1ccc(/C=C/C(=O)NO)cc1. The predicted octanol–water partition coefficient (Wildman–Crippen LogP) is 3.31. The molecule has 0 saturated carbocycles. The molecule has 27 heavy (non-hydrogen) atoms. The number of H-pyrrole nitrogens is 1. The molecule has 6 nitrogen and oxygen atoms in total. The number of carbonyl (C=O) groups excluding carboxylic acids is 1. The van der Waals surface area contributed by atoms with Crippen molar-refractivity contribution in [2.75, 3.05) is 6.54 Å². The minimum Gasteiger partial charge on any atom is -0.296 e. The Labute approximate surface area is 160 Å². The van der Waals surface area contributed by atoms with Gasteiger partial charge in [-0.15, -0.1) is 0 Å². The average molecular weight is 368 g/mol. The van der Waals surface area contributed by atoms with Crippen LogP contribution < -0.4 is 5.48 Å². The van der Waals surface area contributed by atoms with E-state index in [1.807, 2.05) is 12.1 Å². The van der Waals surface area contributed by atoms with Gasteiger partial charge >= 0.3 is 0 Å². The van der Waals surface area contributed by atoms with Crippen LogP contribution in [0.15, 0.2) is 30.3 Å². The van der Waals surface area contributed by atoms with Gasteiger partial charge in [-0.3, -0.25) is 20.0 Å². The normalized spacial score (nSPS) is 18.9. The van der Waals surface area contributed by atoms with E-state index < -0.39 is 5.91 Å². The van der Waals surface area contributed by atoms with Gasteiger partial charge in [-0.1, -0.05) is 31.2 Å². The fraction of sp³-hybridized carbons (Fsp3) is 0.429. The summed E-state index contributed by atoms with van der Waals surface area (Å²) in [5.41, 5.74) is 7.42. The molecule has 0 radical (unpaired) electrons. The van der Waals surface area contributed by atoms with Gasteiger partial charge in [0, 0.05) is 35.8 Å². The number of likely N-dealkylation sites (tertiary alicyclic amines) is 1. The summed E-state index contributed by atoms with van der Waals surface area (Å²) in [4.78, 5) is 13.6. The highest BCUT2D eigenvalue weighted by molar-refractivity contribution is 5.90. The number of aromatic nitrogens is 2. The number of aryl methyl sites for hydroxylation is 2. The van der Waals surface area contributed by atoms with Gasteiger partial charge in [-0.05, 0) is 50.4 Å². The first-order valence-electron chi connectivity index (χ1n) is 9.46. The van der Waals surface area contributed by atoms with Crippen LogP contribution >= 0.6 is 0 Å². The molecule has 3 rings (SSSR count). The van der Waals surface area contributed by atoms with Crippen LogP contribution in [0, 0.1) is 13.8 Å². The molecular weight excluding hydrogens is 340 g/mol. The molecule has 144 valence electrons. The van der Waals surface area contributed by atoms with Crippen LogP contribution in [0.5, 0.6) is 0 Å². The highest BCUT2D eigenvalue weighted by Crippen LogP contribution is 2.34. The zero-order chi connectivity index (χ0) is 19.4. The Balaban J connectivity index is 1.68. The van der Waals surface area contributed by atoms with Gasteiger partial charge in [0.25, 0.3) is 5.91 Å². The Bertz CT molecular complexity index is 791. The lowest BCUT2D eigenvalue weighted by molar-refractivity contribution is -0.124. The van der Waals surface area contributed by atoms with Crippen molar-refractivity contribution in [1.82, 2.24) is 20.6 Å². The molecule has 1 unspecified atom stereocenters. The molecule has 2 heterocycles. The van der Waals surface area contributed by atoms with Crippen LogP contribution in [0.2, 0.25) is 0 Å². The van der Waals surface area contributed by atoms with E-state index in [0.717, 1.165) is 24.3 Å². The molecule has 0 aliphatic carbocycles. The van der Waals surface area contributed by atoms with Gasteiger partial charge in [-0.2, -0.15) is 5.10 Å². The third kappa shape index (κ3) is 4.46. The van der Waals surface area contributed by atoms with E-state index in [0.29, 0.717) is 12.0 Å². The molecule has 2 atom stereocenters. The number of nitrogens with zero attached hydrogens (tertiary/aromatic N) is 2. The highest BCUT2D eigenvalue weighted by Gasteiger charge is 2.32. The summed E-state index contributed by atoms with van der Waals surface area (Å²) in [5.74, 6) is -0.0803. The van der Waals surface area contributed by atoms with E-state index in [1.54, 1.807) is 11.6 Å². The average Bonchev–Trinajstić information content (AvgIpc) is 3.26. The summed E-state index contributed by atoms with van der Waals surface area (Å²) >= 11 is 0. The van der Waals surface area contributed by atoms with Crippen molar-refractivity contribution < 1.29 is 10.0 Å². The number of nitrogens with one attached hydrogen (secondary N) is 2. The number of hydrogen-bond donors (Lipinski definition) is 3. The number of hydroxylamine groups is 1. The Morgan fingerprint density at radius 3 is 2.78 bits per heavy atom. The molecule has 1 aromatic heterocycles. The zero-order valence-electron chi connectivity index (χ0n) is 16.2. The maximum atomic E-state index is 11.1. The van der Waals surface area contributed by atoms with Crippen molar-refractivity contribution in [3.63, 3.8) is 0 Å². The molecular formula is C21H28N4O2.